The van der Waals surface area contributed by atoms with Gasteiger partial charge in [-0.1, -0.05) is 26.0 Å². The summed E-state index contributed by atoms with van der Waals surface area (Å²) in [7, 11) is -3.52. The maximum Gasteiger partial charge on any atom is 0.338 e. The van der Waals surface area contributed by atoms with Gasteiger partial charge in [-0.3, -0.25) is 4.72 Å². The molecule has 0 unspecified atom stereocenters. The van der Waals surface area contributed by atoms with Crippen molar-refractivity contribution in [2.45, 2.75) is 20.8 Å². The van der Waals surface area contributed by atoms with E-state index < -0.39 is 16.0 Å². The van der Waals surface area contributed by atoms with E-state index in [0.29, 0.717) is 5.56 Å². The Kier molecular flexibility index (Phi) is 4.34. The van der Waals surface area contributed by atoms with Gasteiger partial charge >= 0.3 is 5.97 Å². The molecule has 6 heteroatoms. The van der Waals surface area contributed by atoms with Gasteiger partial charge in [-0.15, -0.1) is 0 Å². The molecule has 0 spiro atoms. The van der Waals surface area contributed by atoms with Gasteiger partial charge in [-0.05, 0) is 24.5 Å². The van der Waals surface area contributed by atoms with E-state index in [4.69, 9.17) is 5.11 Å². The second-order valence-electron chi connectivity index (χ2n) is 4.58. The fourth-order valence-corrected chi connectivity index (χ4v) is 3.15. The maximum absolute atomic E-state index is 11.8. The Morgan fingerprint density at radius 3 is 2.50 bits per heavy atom. The second-order valence-corrected chi connectivity index (χ2v) is 6.35. The summed E-state index contributed by atoms with van der Waals surface area (Å²) < 4.78 is 25.9. The summed E-state index contributed by atoms with van der Waals surface area (Å²) in [4.78, 5) is 11.1. The fraction of sp³-hybridized carbons (Fsp3) is 0.417. The van der Waals surface area contributed by atoms with Gasteiger partial charge in [0, 0.05) is 0 Å². The van der Waals surface area contributed by atoms with Crippen LogP contribution in [0.15, 0.2) is 18.2 Å². The molecule has 100 valence electrons. The first-order chi connectivity index (χ1) is 8.23. The normalized spacial score (nSPS) is 11.6. The van der Waals surface area contributed by atoms with E-state index in [2.05, 4.69) is 4.72 Å². The minimum atomic E-state index is -3.52. The zero-order chi connectivity index (χ0) is 13.9. The molecule has 0 aliphatic carbocycles. The molecule has 0 heterocycles. The molecule has 0 aromatic heterocycles. The van der Waals surface area contributed by atoms with Crippen LogP contribution >= 0.6 is 0 Å². The Hall–Kier alpha value is -1.56. The second kappa shape index (κ2) is 5.39. The lowest BCUT2D eigenvalue weighted by Crippen LogP contribution is -2.21. The van der Waals surface area contributed by atoms with Crippen molar-refractivity contribution >= 4 is 21.7 Å². The van der Waals surface area contributed by atoms with Gasteiger partial charge in [0.15, 0.2) is 0 Å². The minimum absolute atomic E-state index is 0.00942. The van der Waals surface area contributed by atoms with Crippen molar-refractivity contribution in [3.8, 4) is 0 Å². The van der Waals surface area contributed by atoms with E-state index in [1.54, 1.807) is 32.9 Å². The van der Waals surface area contributed by atoms with E-state index in [-0.39, 0.29) is 22.9 Å². The molecule has 5 nitrogen and oxygen atoms in total. The van der Waals surface area contributed by atoms with Crippen LogP contribution in [0.1, 0.15) is 29.8 Å². The summed E-state index contributed by atoms with van der Waals surface area (Å²) in [6.07, 6.45) is 0. The zero-order valence-electron chi connectivity index (χ0n) is 10.6. The number of carbonyl (C=O) groups is 1. The third kappa shape index (κ3) is 3.73. The lowest BCUT2D eigenvalue weighted by molar-refractivity contribution is 0.0697. The molecule has 18 heavy (non-hydrogen) atoms. The van der Waals surface area contributed by atoms with Crippen molar-refractivity contribution in [1.29, 1.82) is 0 Å². The number of hydrogen-bond donors (Lipinski definition) is 2. The first kappa shape index (κ1) is 14.5. The molecule has 0 radical (unpaired) electrons. The molecule has 0 aliphatic rings. The third-order valence-electron chi connectivity index (χ3n) is 2.30. The van der Waals surface area contributed by atoms with Gasteiger partial charge in [0.2, 0.25) is 10.0 Å². The summed E-state index contributed by atoms with van der Waals surface area (Å²) in [6.45, 7) is 5.20. The van der Waals surface area contributed by atoms with Crippen LogP contribution in [-0.4, -0.2) is 25.2 Å². The Bertz CT molecular complexity index is 549. The maximum atomic E-state index is 11.8. The summed E-state index contributed by atoms with van der Waals surface area (Å²) in [5.74, 6) is -1.21. The predicted octanol–water partition coefficient (Wildman–Crippen LogP) is 2.09. The SMILES string of the molecule is Cc1cccc(NS(=O)(=O)CC(C)C)c1C(=O)O. The van der Waals surface area contributed by atoms with Crippen molar-refractivity contribution in [3.05, 3.63) is 29.3 Å². The van der Waals surface area contributed by atoms with Gasteiger partial charge < -0.3 is 5.11 Å². The fourth-order valence-electron chi connectivity index (χ4n) is 1.68. The average molecular weight is 271 g/mol. The third-order valence-corrected chi connectivity index (χ3v) is 3.94. The molecule has 0 amide bonds. The van der Waals surface area contributed by atoms with Crippen molar-refractivity contribution in [1.82, 2.24) is 0 Å². The van der Waals surface area contributed by atoms with Crippen LogP contribution in [0.3, 0.4) is 0 Å². The Morgan fingerprint density at radius 2 is 2.00 bits per heavy atom. The summed E-state index contributed by atoms with van der Waals surface area (Å²) in [6, 6.07) is 4.70. The molecule has 1 aromatic carbocycles. The van der Waals surface area contributed by atoms with E-state index >= 15 is 0 Å². The number of sulfonamides is 1. The highest BCUT2D eigenvalue weighted by Crippen LogP contribution is 2.21. The quantitative estimate of drug-likeness (QED) is 0.859. The summed E-state index contributed by atoms with van der Waals surface area (Å²) >= 11 is 0. The lowest BCUT2D eigenvalue weighted by atomic mass is 10.1. The van der Waals surface area contributed by atoms with Crippen LogP contribution < -0.4 is 4.72 Å². The zero-order valence-corrected chi connectivity index (χ0v) is 11.4. The van der Waals surface area contributed by atoms with Crippen molar-refractivity contribution in [2.24, 2.45) is 5.92 Å². The van der Waals surface area contributed by atoms with E-state index in [0.717, 1.165) is 0 Å². The molecule has 0 aliphatic heterocycles. The summed E-state index contributed by atoms with van der Waals surface area (Å²) in [5.41, 5.74) is 0.625. The predicted molar refractivity (Wildman–Crippen MR) is 70.4 cm³/mol. The number of aryl methyl sites for hydroxylation is 1. The molecule has 0 atom stereocenters. The van der Waals surface area contributed by atoms with Crippen molar-refractivity contribution in [3.63, 3.8) is 0 Å². The first-order valence-corrected chi connectivity index (χ1v) is 7.21. The van der Waals surface area contributed by atoms with Crippen molar-refractivity contribution < 1.29 is 18.3 Å². The van der Waals surface area contributed by atoms with Gasteiger partial charge in [-0.2, -0.15) is 0 Å². The molecule has 0 saturated carbocycles. The molecule has 1 aromatic rings. The first-order valence-electron chi connectivity index (χ1n) is 5.56. The summed E-state index contributed by atoms with van der Waals surface area (Å²) in [5, 5.41) is 9.09. The number of carboxylic acids is 1. The molecule has 0 bridgehead atoms. The average Bonchev–Trinajstić information content (AvgIpc) is 2.13. The number of aromatic carboxylic acids is 1. The van der Waals surface area contributed by atoms with Crippen LogP contribution in [0.2, 0.25) is 0 Å². The number of carboxylic acid groups (broad SMARTS) is 1. The monoisotopic (exact) mass is 271 g/mol. The van der Waals surface area contributed by atoms with E-state index in [9.17, 15) is 13.2 Å². The van der Waals surface area contributed by atoms with Crippen LogP contribution in [-0.2, 0) is 10.0 Å². The van der Waals surface area contributed by atoms with Crippen LogP contribution in [0.25, 0.3) is 0 Å². The van der Waals surface area contributed by atoms with Gasteiger partial charge in [0.05, 0.1) is 17.0 Å². The van der Waals surface area contributed by atoms with Gasteiger partial charge in [0.1, 0.15) is 0 Å². The van der Waals surface area contributed by atoms with Crippen LogP contribution in [0.5, 0.6) is 0 Å². The standard InChI is InChI=1S/C12H17NO4S/c1-8(2)7-18(16,17)13-10-6-4-5-9(3)11(10)12(14)15/h4-6,8,13H,7H2,1-3H3,(H,14,15). The Balaban J connectivity index is 3.13. The smallest absolute Gasteiger partial charge is 0.338 e. The lowest BCUT2D eigenvalue weighted by Gasteiger charge is -2.13. The molecular formula is C12H17NO4S. The molecular weight excluding hydrogens is 254 g/mol. The number of rotatable bonds is 5. The number of benzene rings is 1. The van der Waals surface area contributed by atoms with Gasteiger partial charge in [-0.25, -0.2) is 13.2 Å². The van der Waals surface area contributed by atoms with Gasteiger partial charge in [0.25, 0.3) is 0 Å². The topological polar surface area (TPSA) is 83.5 Å². The molecule has 1 rings (SSSR count). The van der Waals surface area contributed by atoms with Crippen molar-refractivity contribution in [2.75, 3.05) is 10.5 Å². The number of nitrogens with one attached hydrogen (secondary N) is 1. The van der Waals surface area contributed by atoms with E-state index in [1.807, 2.05) is 0 Å². The highest BCUT2D eigenvalue weighted by molar-refractivity contribution is 7.92. The highest BCUT2D eigenvalue weighted by Gasteiger charge is 2.18. The minimum Gasteiger partial charge on any atom is -0.478 e. The molecule has 0 saturated heterocycles. The molecule has 2 N–H and O–H groups in total. The molecule has 0 fully saturated rings. The highest BCUT2D eigenvalue weighted by atomic mass is 32.2. The Labute approximate surface area is 107 Å². The van der Waals surface area contributed by atoms with E-state index in [1.165, 1.54) is 6.07 Å². The van der Waals surface area contributed by atoms with Crippen LogP contribution in [0, 0.1) is 12.8 Å². The largest absolute Gasteiger partial charge is 0.478 e. The Morgan fingerprint density at radius 1 is 1.39 bits per heavy atom. The number of hydrogen-bond acceptors (Lipinski definition) is 3. The number of anilines is 1. The van der Waals surface area contributed by atoms with Crippen LogP contribution in [0.4, 0.5) is 5.69 Å².